The third kappa shape index (κ3) is 4.49. The zero-order chi connectivity index (χ0) is 21.8. The summed E-state index contributed by atoms with van der Waals surface area (Å²) in [5, 5.41) is 0. The number of methoxy groups -OCH3 is 3. The number of hydrogen-bond acceptors (Lipinski definition) is 5. The fourth-order valence-electron chi connectivity index (χ4n) is 4.86. The number of fused-ring (bicyclic) bond motifs is 1. The molecule has 0 aliphatic carbocycles. The van der Waals surface area contributed by atoms with Crippen molar-refractivity contribution < 1.29 is 19.0 Å². The third-order valence-electron chi connectivity index (χ3n) is 6.59. The molecule has 1 saturated heterocycles. The van der Waals surface area contributed by atoms with Gasteiger partial charge in [0.15, 0.2) is 11.5 Å². The van der Waals surface area contributed by atoms with Gasteiger partial charge in [-0.15, -0.1) is 0 Å². The van der Waals surface area contributed by atoms with E-state index >= 15 is 0 Å². The number of rotatable bonds is 7. The van der Waals surface area contributed by atoms with Gasteiger partial charge in [0.1, 0.15) is 0 Å². The number of hydrogen-bond donors (Lipinski definition) is 0. The van der Waals surface area contributed by atoms with Gasteiger partial charge in [-0.05, 0) is 42.0 Å². The normalized spacial score (nSPS) is 18.5. The molecule has 4 rings (SSSR count). The maximum absolute atomic E-state index is 12.9. The summed E-state index contributed by atoms with van der Waals surface area (Å²) in [4.78, 5) is 17.5. The lowest BCUT2D eigenvalue weighted by atomic mass is 9.98. The van der Waals surface area contributed by atoms with Gasteiger partial charge in [-0.3, -0.25) is 9.69 Å². The monoisotopic (exact) mass is 424 g/mol. The van der Waals surface area contributed by atoms with Crippen molar-refractivity contribution in [2.75, 3.05) is 41.0 Å². The molecule has 2 aromatic carbocycles. The molecular formula is C25H32N2O4. The molecule has 6 nitrogen and oxygen atoms in total. The summed E-state index contributed by atoms with van der Waals surface area (Å²) in [6, 6.07) is 13.0. The van der Waals surface area contributed by atoms with Crippen LogP contribution in [0.5, 0.6) is 17.2 Å². The Bertz CT molecular complexity index is 930. The van der Waals surface area contributed by atoms with Crippen LogP contribution in [-0.2, 0) is 24.2 Å². The predicted octanol–water partition coefficient (Wildman–Crippen LogP) is 3.30. The number of amides is 1. The lowest BCUT2D eigenvalue weighted by Gasteiger charge is -2.33. The van der Waals surface area contributed by atoms with Crippen LogP contribution in [0, 0.1) is 0 Å². The number of ether oxygens (including phenoxy) is 3. The van der Waals surface area contributed by atoms with E-state index in [-0.39, 0.29) is 5.91 Å². The van der Waals surface area contributed by atoms with Crippen LogP contribution in [0.4, 0.5) is 0 Å². The average Bonchev–Trinajstić information content (AvgIpc) is 3.32. The van der Waals surface area contributed by atoms with Crippen molar-refractivity contribution in [1.82, 2.24) is 9.80 Å². The molecule has 0 N–H and O–H groups in total. The molecule has 0 bridgehead atoms. The Labute approximate surface area is 184 Å². The molecule has 1 amide bonds. The van der Waals surface area contributed by atoms with Crippen molar-refractivity contribution in [1.29, 1.82) is 0 Å². The molecule has 2 aliphatic heterocycles. The lowest BCUT2D eigenvalue weighted by molar-refractivity contribution is -0.130. The summed E-state index contributed by atoms with van der Waals surface area (Å²) in [6.45, 7) is 3.73. The molecule has 166 valence electrons. The summed E-state index contributed by atoms with van der Waals surface area (Å²) in [7, 11) is 4.81. The Morgan fingerprint density at radius 2 is 1.74 bits per heavy atom. The van der Waals surface area contributed by atoms with E-state index in [1.807, 2.05) is 17.0 Å². The summed E-state index contributed by atoms with van der Waals surface area (Å²) in [5.74, 6) is 2.04. The Balaban J connectivity index is 1.35. The Hall–Kier alpha value is -2.73. The minimum absolute atomic E-state index is 0.205. The van der Waals surface area contributed by atoms with Crippen molar-refractivity contribution in [2.24, 2.45) is 0 Å². The summed E-state index contributed by atoms with van der Waals surface area (Å²) in [6.07, 6.45) is 3.22. The molecule has 0 saturated carbocycles. The van der Waals surface area contributed by atoms with Gasteiger partial charge in [-0.25, -0.2) is 0 Å². The molecule has 2 heterocycles. The van der Waals surface area contributed by atoms with Gasteiger partial charge < -0.3 is 19.1 Å². The number of likely N-dealkylation sites (tertiary alicyclic amines) is 1. The fraction of sp³-hybridized carbons (Fsp3) is 0.480. The molecule has 1 atom stereocenters. The molecular weight excluding hydrogens is 392 g/mol. The first-order chi connectivity index (χ1) is 15.1. The largest absolute Gasteiger partial charge is 0.493 e. The van der Waals surface area contributed by atoms with Gasteiger partial charge in [0.25, 0.3) is 0 Å². The SMILES string of the molecule is COc1ccc(CCC(=O)N2CCC(N3CCc4ccccc4C3)C2)c(OC)c1OC. The summed E-state index contributed by atoms with van der Waals surface area (Å²) < 4.78 is 16.4. The molecule has 6 heteroatoms. The predicted molar refractivity (Wildman–Crippen MR) is 120 cm³/mol. The molecule has 2 aromatic rings. The second-order valence-corrected chi connectivity index (χ2v) is 8.26. The van der Waals surface area contributed by atoms with E-state index in [0.717, 1.165) is 44.6 Å². The van der Waals surface area contributed by atoms with Crippen LogP contribution in [0.2, 0.25) is 0 Å². The highest BCUT2D eigenvalue weighted by Gasteiger charge is 2.32. The molecule has 0 spiro atoms. The highest BCUT2D eigenvalue weighted by atomic mass is 16.5. The highest BCUT2D eigenvalue weighted by molar-refractivity contribution is 5.77. The summed E-state index contributed by atoms with van der Waals surface area (Å²) in [5.41, 5.74) is 3.85. The molecule has 2 aliphatic rings. The molecule has 0 aromatic heterocycles. The molecule has 1 unspecified atom stereocenters. The maximum atomic E-state index is 12.9. The van der Waals surface area contributed by atoms with E-state index in [4.69, 9.17) is 14.2 Å². The molecule has 0 radical (unpaired) electrons. The molecule has 1 fully saturated rings. The smallest absolute Gasteiger partial charge is 0.222 e. The van der Waals surface area contributed by atoms with Crippen molar-refractivity contribution in [3.05, 3.63) is 53.1 Å². The van der Waals surface area contributed by atoms with E-state index in [1.165, 1.54) is 11.1 Å². The van der Waals surface area contributed by atoms with Crippen molar-refractivity contribution >= 4 is 5.91 Å². The quantitative estimate of drug-likeness (QED) is 0.683. The van der Waals surface area contributed by atoms with E-state index < -0.39 is 0 Å². The van der Waals surface area contributed by atoms with Crippen LogP contribution in [0.3, 0.4) is 0 Å². The lowest BCUT2D eigenvalue weighted by Crippen LogP contribution is -2.41. The van der Waals surface area contributed by atoms with E-state index in [2.05, 4.69) is 29.2 Å². The highest BCUT2D eigenvalue weighted by Crippen LogP contribution is 2.40. The van der Waals surface area contributed by atoms with Crippen LogP contribution in [0.15, 0.2) is 36.4 Å². The number of aryl methyl sites for hydroxylation is 1. The number of carbonyl (C=O) groups excluding carboxylic acids is 1. The van der Waals surface area contributed by atoms with Crippen LogP contribution < -0.4 is 14.2 Å². The average molecular weight is 425 g/mol. The van der Waals surface area contributed by atoms with Gasteiger partial charge >= 0.3 is 0 Å². The zero-order valence-electron chi connectivity index (χ0n) is 18.7. The number of carbonyl (C=O) groups is 1. The fourth-order valence-corrected chi connectivity index (χ4v) is 4.86. The Morgan fingerprint density at radius 3 is 2.48 bits per heavy atom. The standard InChI is InChI=1S/C25H32N2O4/c1-29-22-10-8-19(24(30-2)25(22)31-3)9-11-23(28)27-15-13-21(17-27)26-14-12-18-6-4-5-7-20(18)16-26/h4-8,10,21H,9,11-17H2,1-3H3. The minimum Gasteiger partial charge on any atom is -0.493 e. The molecule has 31 heavy (non-hydrogen) atoms. The van der Waals surface area contributed by atoms with Crippen molar-refractivity contribution in [2.45, 2.75) is 38.3 Å². The first-order valence-corrected chi connectivity index (χ1v) is 11.0. The van der Waals surface area contributed by atoms with Crippen LogP contribution in [0.1, 0.15) is 29.5 Å². The zero-order valence-corrected chi connectivity index (χ0v) is 18.7. The van der Waals surface area contributed by atoms with Gasteiger partial charge in [-0.2, -0.15) is 0 Å². The van der Waals surface area contributed by atoms with E-state index in [0.29, 0.717) is 36.1 Å². The Morgan fingerprint density at radius 1 is 0.968 bits per heavy atom. The first-order valence-electron chi connectivity index (χ1n) is 11.0. The Kier molecular flexibility index (Phi) is 6.66. The van der Waals surface area contributed by atoms with Crippen molar-refractivity contribution in [3.63, 3.8) is 0 Å². The van der Waals surface area contributed by atoms with E-state index in [9.17, 15) is 4.79 Å². The van der Waals surface area contributed by atoms with Crippen molar-refractivity contribution in [3.8, 4) is 17.2 Å². The van der Waals surface area contributed by atoms with Gasteiger partial charge in [0.05, 0.1) is 21.3 Å². The number of nitrogens with zero attached hydrogens (tertiary/aromatic N) is 2. The summed E-state index contributed by atoms with van der Waals surface area (Å²) >= 11 is 0. The van der Waals surface area contributed by atoms with Crippen LogP contribution >= 0.6 is 0 Å². The maximum Gasteiger partial charge on any atom is 0.222 e. The second kappa shape index (κ2) is 9.60. The van der Waals surface area contributed by atoms with Gasteiger partial charge in [0.2, 0.25) is 11.7 Å². The first kappa shape index (κ1) is 21.5. The third-order valence-corrected chi connectivity index (χ3v) is 6.59. The van der Waals surface area contributed by atoms with Crippen LogP contribution in [-0.4, -0.2) is 62.7 Å². The van der Waals surface area contributed by atoms with Gasteiger partial charge in [-0.1, -0.05) is 30.3 Å². The topological polar surface area (TPSA) is 51.2 Å². The van der Waals surface area contributed by atoms with Gasteiger partial charge in [0, 0.05) is 38.6 Å². The van der Waals surface area contributed by atoms with E-state index in [1.54, 1.807) is 21.3 Å². The van der Waals surface area contributed by atoms with Crippen LogP contribution in [0.25, 0.3) is 0 Å². The minimum atomic E-state index is 0.205. The second-order valence-electron chi connectivity index (χ2n) is 8.26. The number of benzene rings is 2.